The van der Waals surface area contributed by atoms with Crippen LogP contribution in [-0.2, 0) is 21.4 Å². The van der Waals surface area contributed by atoms with Crippen molar-refractivity contribution in [3.8, 4) is 11.8 Å². The van der Waals surface area contributed by atoms with E-state index in [2.05, 4.69) is 32.3 Å². The van der Waals surface area contributed by atoms with Gasteiger partial charge in [0.15, 0.2) is 11.5 Å². The summed E-state index contributed by atoms with van der Waals surface area (Å²) >= 11 is 12.0. The third kappa shape index (κ3) is 5.61. The topological polar surface area (TPSA) is 126 Å². The minimum absolute atomic E-state index is 0.0121. The number of ether oxygens (including phenoxy) is 1. The molecule has 0 radical (unpaired) electrons. The third-order valence-electron chi connectivity index (χ3n) is 4.72. The van der Waals surface area contributed by atoms with Gasteiger partial charge in [-0.3, -0.25) is 4.72 Å². The molecular formula is C21H15Cl2F2N5O4S. The molecule has 1 aliphatic heterocycles. The van der Waals surface area contributed by atoms with Crippen molar-refractivity contribution in [2.75, 3.05) is 23.3 Å². The second kappa shape index (κ2) is 10.3. The second-order valence-electron chi connectivity index (χ2n) is 7.22. The highest BCUT2D eigenvalue weighted by Crippen LogP contribution is 2.32. The van der Waals surface area contributed by atoms with Crippen molar-refractivity contribution in [1.29, 1.82) is 0 Å². The quantitative estimate of drug-likeness (QED) is 0.406. The van der Waals surface area contributed by atoms with Crippen LogP contribution in [0.4, 0.5) is 20.4 Å². The maximum Gasteiger partial charge on any atom is 0.263 e. The molecule has 0 saturated carbocycles. The molecule has 35 heavy (non-hydrogen) atoms. The van der Waals surface area contributed by atoms with Crippen LogP contribution in [0, 0.1) is 23.5 Å². The Kier molecular flexibility index (Phi) is 7.34. The van der Waals surface area contributed by atoms with Crippen LogP contribution in [0.2, 0.25) is 10.0 Å². The molecular weight excluding hydrogens is 527 g/mol. The number of aliphatic hydroxyl groups excluding tert-OH is 1. The zero-order valence-corrected chi connectivity index (χ0v) is 19.8. The zero-order chi connectivity index (χ0) is 25.2. The molecule has 0 aliphatic carbocycles. The van der Waals surface area contributed by atoms with Gasteiger partial charge in [-0.2, -0.15) is 0 Å². The molecule has 4 rings (SSSR count). The highest BCUT2D eigenvalue weighted by Gasteiger charge is 2.24. The number of hydrogen-bond donors (Lipinski definition) is 3. The van der Waals surface area contributed by atoms with Crippen molar-refractivity contribution in [3.05, 3.63) is 69.0 Å². The van der Waals surface area contributed by atoms with Gasteiger partial charge in [0.2, 0.25) is 5.95 Å². The number of halogens is 4. The number of hydrogen-bond acceptors (Lipinski definition) is 8. The van der Waals surface area contributed by atoms with E-state index in [1.807, 2.05) is 4.72 Å². The lowest BCUT2D eigenvalue weighted by atomic mass is 10.1. The van der Waals surface area contributed by atoms with E-state index in [1.165, 1.54) is 12.3 Å². The van der Waals surface area contributed by atoms with Crippen LogP contribution in [0.15, 0.2) is 35.4 Å². The average Bonchev–Trinajstić information content (AvgIpc) is 2.80. The molecule has 1 saturated heterocycles. The van der Waals surface area contributed by atoms with Crippen LogP contribution in [0.3, 0.4) is 0 Å². The van der Waals surface area contributed by atoms with Gasteiger partial charge in [0.05, 0.1) is 48.3 Å². The molecule has 1 aromatic heterocycles. The lowest BCUT2D eigenvalue weighted by Crippen LogP contribution is -2.40. The van der Waals surface area contributed by atoms with Gasteiger partial charge in [-0.25, -0.2) is 22.2 Å². The van der Waals surface area contributed by atoms with Gasteiger partial charge in [-0.05, 0) is 35.7 Å². The Bertz CT molecular complexity index is 1440. The smallest absolute Gasteiger partial charge is 0.263 e. The van der Waals surface area contributed by atoms with Gasteiger partial charge in [-0.1, -0.05) is 29.1 Å². The van der Waals surface area contributed by atoms with Gasteiger partial charge in [0.1, 0.15) is 10.7 Å². The van der Waals surface area contributed by atoms with Crippen molar-refractivity contribution in [3.63, 3.8) is 0 Å². The predicted molar refractivity (Wildman–Crippen MR) is 124 cm³/mol. The summed E-state index contributed by atoms with van der Waals surface area (Å²) in [5, 5.41) is 19.7. The summed E-state index contributed by atoms with van der Waals surface area (Å²) in [6.07, 6.45) is 1.27. The van der Waals surface area contributed by atoms with Crippen LogP contribution in [0.25, 0.3) is 0 Å². The van der Waals surface area contributed by atoms with Crippen LogP contribution >= 0.6 is 23.2 Å². The minimum Gasteiger partial charge on any atom is -0.392 e. The Hall–Kier alpha value is -3.08. The molecule has 3 aromatic rings. The molecule has 0 unspecified atom stereocenters. The molecule has 1 fully saturated rings. The molecule has 2 aromatic carbocycles. The number of aliphatic hydroxyl groups is 1. The van der Waals surface area contributed by atoms with Gasteiger partial charge in [0, 0.05) is 5.02 Å². The maximum atomic E-state index is 15.0. The maximum absolute atomic E-state index is 15.0. The Labute approximate surface area is 208 Å². The first-order chi connectivity index (χ1) is 16.7. The lowest BCUT2D eigenvalue weighted by Gasteiger charge is -2.26. The first-order valence-electron chi connectivity index (χ1n) is 9.83. The SMILES string of the molecule is O=S(=O)(Nc1ccc(F)c(C#Cc2cnc(NC3COC3)nn2)c1F)c1cc(Cl)cc(CO)c1Cl. The van der Waals surface area contributed by atoms with Gasteiger partial charge in [0.25, 0.3) is 10.0 Å². The van der Waals surface area contributed by atoms with Crippen molar-refractivity contribution in [1.82, 2.24) is 15.2 Å². The number of benzene rings is 2. The standard InChI is InChI=1S/C21H15Cl2F2N5O4S/c22-12-5-11(8-31)19(23)18(6-12)35(32,33)30-17-4-3-16(24)15(20(17)25)2-1-13-7-26-21(29-28-13)27-14-9-34-10-14/h3-7,14,30-31H,8-10H2,(H,26,27,29). The van der Waals surface area contributed by atoms with Crippen molar-refractivity contribution >= 4 is 44.9 Å². The van der Waals surface area contributed by atoms with Crippen molar-refractivity contribution in [2.45, 2.75) is 17.5 Å². The Morgan fingerprint density at radius 3 is 2.57 bits per heavy atom. The van der Waals surface area contributed by atoms with E-state index < -0.39 is 44.4 Å². The fourth-order valence-electron chi connectivity index (χ4n) is 2.90. The fraction of sp³-hybridized carbons (Fsp3) is 0.190. The fourth-order valence-corrected chi connectivity index (χ4v) is 4.89. The number of rotatable bonds is 6. The Morgan fingerprint density at radius 1 is 1.17 bits per heavy atom. The molecule has 0 amide bonds. The first-order valence-corrected chi connectivity index (χ1v) is 12.1. The van der Waals surface area contributed by atoms with Gasteiger partial charge in [-0.15, -0.1) is 10.2 Å². The third-order valence-corrected chi connectivity index (χ3v) is 6.89. The number of sulfonamides is 1. The van der Waals surface area contributed by atoms with Crippen molar-refractivity contribution in [2.24, 2.45) is 0 Å². The number of anilines is 2. The van der Waals surface area contributed by atoms with Gasteiger partial charge >= 0.3 is 0 Å². The van der Waals surface area contributed by atoms with E-state index in [9.17, 15) is 17.9 Å². The van der Waals surface area contributed by atoms with Crippen LogP contribution in [0.1, 0.15) is 16.8 Å². The monoisotopic (exact) mass is 541 g/mol. The summed E-state index contributed by atoms with van der Waals surface area (Å²) in [7, 11) is -4.47. The summed E-state index contributed by atoms with van der Waals surface area (Å²) in [6.45, 7) is 0.474. The molecule has 0 atom stereocenters. The summed E-state index contributed by atoms with van der Waals surface area (Å²) in [5.74, 6) is 2.70. The minimum atomic E-state index is -4.47. The number of aromatic nitrogens is 3. The molecule has 9 nitrogen and oxygen atoms in total. The van der Waals surface area contributed by atoms with Gasteiger partial charge < -0.3 is 15.2 Å². The van der Waals surface area contributed by atoms with E-state index in [0.29, 0.717) is 13.2 Å². The summed E-state index contributed by atoms with van der Waals surface area (Å²) in [6, 6.07) is 4.15. The first kappa shape index (κ1) is 25.0. The molecule has 3 N–H and O–H groups in total. The normalized spacial score (nSPS) is 13.5. The average molecular weight is 542 g/mol. The molecule has 14 heteroatoms. The molecule has 0 spiro atoms. The van der Waals surface area contributed by atoms with E-state index >= 15 is 4.39 Å². The summed E-state index contributed by atoms with van der Waals surface area (Å²) in [5.41, 5.74) is -1.19. The highest BCUT2D eigenvalue weighted by molar-refractivity contribution is 7.92. The van der Waals surface area contributed by atoms with Crippen LogP contribution < -0.4 is 10.0 Å². The van der Waals surface area contributed by atoms with E-state index in [-0.39, 0.29) is 33.3 Å². The number of nitrogens with zero attached hydrogens (tertiary/aromatic N) is 3. The Balaban J connectivity index is 1.60. The highest BCUT2D eigenvalue weighted by atomic mass is 35.5. The van der Waals surface area contributed by atoms with Crippen LogP contribution in [-0.4, -0.2) is 48.0 Å². The lowest BCUT2D eigenvalue weighted by molar-refractivity contribution is 0.0207. The second-order valence-corrected chi connectivity index (χ2v) is 9.69. The molecule has 182 valence electrons. The van der Waals surface area contributed by atoms with E-state index in [0.717, 1.165) is 18.2 Å². The largest absolute Gasteiger partial charge is 0.392 e. The molecule has 0 bridgehead atoms. The summed E-state index contributed by atoms with van der Waals surface area (Å²) in [4.78, 5) is 3.53. The summed E-state index contributed by atoms with van der Waals surface area (Å²) < 4.78 is 62.0. The van der Waals surface area contributed by atoms with Crippen molar-refractivity contribution < 1.29 is 27.0 Å². The van der Waals surface area contributed by atoms with E-state index in [1.54, 1.807) is 0 Å². The molecule has 2 heterocycles. The predicted octanol–water partition coefficient (Wildman–Crippen LogP) is 2.96. The van der Waals surface area contributed by atoms with E-state index in [4.69, 9.17) is 27.9 Å². The Morgan fingerprint density at radius 2 is 1.94 bits per heavy atom. The molecule has 1 aliphatic rings. The van der Waals surface area contributed by atoms with Crippen LogP contribution in [0.5, 0.6) is 0 Å². The number of nitrogens with one attached hydrogen (secondary N) is 2. The zero-order valence-electron chi connectivity index (χ0n) is 17.5.